The molecule has 12 heavy (non-hydrogen) atoms. The number of aliphatic hydroxyl groups excluding tert-OH is 1. The topological polar surface area (TPSA) is 20.2 Å². The van der Waals surface area contributed by atoms with Crippen molar-refractivity contribution in [2.24, 2.45) is 0 Å². The summed E-state index contributed by atoms with van der Waals surface area (Å²) in [5.74, 6) is 0. The molecular weight excluding hydrogens is 148 g/mol. The van der Waals surface area contributed by atoms with E-state index in [0.29, 0.717) is 0 Å². The summed E-state index contributed by atoms with van der Waals surface area (Å²) in [6, 6.07) is 8.08. The lowest BCUT2D eigenvalue weighted by Gasteiger charge is -2.12. The van der Waals surface area contributed by atoms with Crippen LogP contribution in [-0.4, -0.2) is 5.11 Å². The molecule has 1 atom stereocenters. The van der Waals surface area contributed by atoms with E-state index in [2.05, 4.69) is 13.0 Å². The summed E-state index contributed by atoms with van der Waals surface area (Å²) in [4.78, 5) is 0. The maximum Gasteiger partial charge on any atom is 0.0790 e. The normalized spacial score (nSPS) is 12.9. The monoisotopic (exact) mass is 164 g/mol. The molecule has 0 aromatic heterocycles. The number of aryl methyl sites for hydroxylation is 1. The first kappa shape index (κ1) is 9.27. The smallest absolute Gasteiger partial charge is 0.0790 e. The Morgan fingerprint density at radius 1 is 1.25 bits per heavy atom. The van der Waals surface area contributed by atoms with Crippen LogP contribution in [0, 0.1) is 0 Å². The minimum absolute atomic E-state index is 0.291. The lowest BCUT2D eigenvalue weighted by atomic mass is 9.99. The van der Waals surface area contributed by atoms with E-state index in [1.807, 2.05) is 25.1 Å². The summed E-state index contributed by atoms with van der Waals surface area (Å²) >= 11 is 0. The van der Waals surface area contributed by atoms with Crippen molar-refractivity contribution in [1.82, 2.24) is 0 Å². The molecule has 0 heterocycles. The molecule has 1 aromatic carbocycles. The quantitative estimate of drug-likeness (QED) is 0.728. The van der Waals surface area contributed by atoms with E-state index >= 15 is 0 Å². The SMILES string of the molecule is CCc1ccccc1[C@H](O)CC. The van der Waals surface area contributed by atoms with Crippen molar-refractivity contribution < 1.29 is 5.11 Å². The Morgan fingerprint density at radius 3 is 2.50 bits per heavy atom. The third-order valence-electron chi connectivity index (χ3n) is 2.18. The molecule has 0 saturated carbocycles. The van der Waals surface area contributed by atoms with Gasteiger partial charge in [0, 0.05) is 0 Å². The summed E-state index contributed by atoms with van der Waals surface area (Å²) in [6.07, 6.45) is 1.49. The standard InChI is InChI=1S/C11H16O/c1-3-9-7-5-6-8-10(9)11(12)4-2/h5-8,11-12H,3-4H2,1-2H3/t11-/m1/s1. The van der Waals surface area contributed by atoms with Crippen molar-refractivity contribution in [3.05, 3.63) is 35.4 Å². The fourth-order valence-electron chi connectivity index (χ4n) is 1.40. The summed E-state index contributed by atoms with van der Waals surface area (Å²) in [5.41, 5.74) is 2.34. The van der Waals surface area contributed by atoms with Gasteiger partial charge in [-0.1, -0.05) is 38.1 Å². The van der Waals surface area contributed by atoms with Crippen LogP contribution in [0.2, 0.25) is 0 Å². The molecule has 0 aliphatic heterocycles. The molecular formula is C11H16O. The van der Waals surface area contributed by atoms with E-state index in [1.54, 1.807) is 0 Å². The Bertz CT molecular complexity index is 243. The Morgan fingerprint density at radius 2 is 1.92 bits per heavy atom. The molecule has 0 fully saturated rings. The lowest BCUT2D eigenvalue weighted by molar-refractivity contribution is 0.172. The van der Waals surface area contributed by atoms with Gasteiger partial charge in [-0.3, -0.25) is 0 Å². The summed E-state index contributed by atoms with van der Waals surface area (Å²) in [6.45, 7) is 4.11. The molecule has 0 radical (unpaired) electrons. The van der Waals surface area contributed by atoms with Crippen molar-refractivity contribution in [3.8, 4) is 0 Å². The van der Waals surface area contributed by atoms with Gasteiger partial charge in [-0.05, 0) is 24.0 Å². The average molecular weight is 164 g/mol. The van der Waals surface area contributed by atoms with Gasteiger partial charge in [0.25, 0.3) is 0 Å². The van der Waals surface area contributed by atoms with Gasteiger partial charge >= 0.3 is 0 Å². The van der Waals surface area contributed by atoms with Crippen LogP contribution in [0.4, 0.5) is 0 Å². The van der Waals surface area contributed by atoms with E-state index in [9.17, 15) is 5.11 Å². The van der Waals surface area contributed by atoms with Gasteiger partial charge in [0.05, 0.1) is 6.10 Å². The van der Waals surface area contributed by atoms with Crippen LogP contribution in [0.5, 0.6) is 0 Å². The van der Waals surface area contributed by atoms with Crippen molar-refractivity contribution in [2.45, 2.75) is 32.8 Å². The van der Waals surface area contributed by atoms with Gasteiger partial charge in [-0.2, -0.15) is 0 Å². The van der Waals surface area contributed by atoms with Gasteiger partial charge in [-0.15, -0.1) is 0 Å². The summed E-state index contributed by atoms with van der Waals surface area (Å²) in [5, 5.41) is 9.64. The van der Waals surface area contributed by atoms with Crippen LogP contribution in [0.15, 0.2) is 24.3 Å². The molecule has 0 aliphatic carbocycles. The predicted octanol–water partition coefficient (Wildman–Crippen LogP) is 2.69. The molecule has 1 rings (SSSR count). The van der Waals surface area contributed by atoms with Crippen molar-refractivity contribution in [3.63, 3.8) is 0 Å². The molecule has 0 saturated heterocycles. The minimum atomic E-state index is -0.291. The van der Waals surface area contributed by atoms with Crippen molar-refractivity contribution in [1.29, 1.82) is 0 Å². The van der Waals surface area contributed by atoms with Crippen molar-refractivity contribution in [2.75, 3.05) is 0 Å². The molecule has 1 aromatic rings. The first-order chi connectivity index (χ1) is 5.79. The minimum Gasteiger partial charge on any atom is -0.388 e. The van der Waals surface area contributed by atoms with E-state index in [-0.39, 0.29) is 6.10 Å². The second-order valence-electron chi connectivity index (χ2n) is 2.98. The molecule has 0 bridgehead atoms. The van der Waals surface area contributed by atoms with Gasteiger partial charge in [0.15, 0.2) is 0 Å². The van der Waals surface area contributed by atoms with E-state index in [4.69, 9.17) is 0 Å². The predicted molar refractivity (Wildman–Crippen MR) is 51.1 cm³/mol. The first-order valence-corrected chi connectivity index (χ1v) is 4.55. The Balaban J connectivity index is 2.96. The molecule has 0 unspecified atom stereocenters. The lowest BCUT2D eigenvalue weighted by Crippen LogP contribution is -1.99. The largest absolute Gasteiger partial charge is 0.388 e. The fourth-order valence-corrected chi connectivity index (χ4v) is 1.40. The number of hydrogen-bond acceptors (Lipinski definition) is 1. The Kier molecular flexibility index (Phi) is 3.30. The number of rotatable bonds is 3. The number of aliphatic hydroxyl groups is 1. The van der Waals surface area contributed by atoms with Crippen LogP contribution < -0.4 is 0 Å². The zero-order valence-electron chi connectivity index (χ0n) is 7.75. The van der Waals surface area contributed by atoms with E-state index in [1.165, 1.54) is 5.56 Å². The highest BCUT2D eigenvalue weighted by atomic mass is 16.3. The fraction of sp³-hybridized carbons (Fsp3) is 0.455. The second kappa shape index (κ2) is 4.27. The molecule has 1 nitrogen and oxygen atoms in total. The molecule has 1 N–H and O–H groups in total. The zero-order chi connectivity index (χ0) is 8.97. The third-order valence-corrected chi connectivity index (χ3v) is 2.18. The summed E-state index contributed by atoms with van der Waals surface area (Å²) in [7, 11) is 0. The first-order valence-electron chi connectivity index (χ1n) is 4.55. The Hall–Kier alpha value is -0.820. The Labute approximate surface area is 74.1 Å². The van der Waals surface area contributed by atoms with E-state index in [0.717, 1.165) is 18.4 Å². The van der Waals surface area contributed by atoms with Gasteiger partial charge in [-0.25, -0.2) is 0 Å². The highest BCUT2D eigenvalue weighted by molar-refractivity contribution is 5.28. The van der Waals surface area contributed by atoms with E-state index < -0.39 is 0 Å². The van der Waals surface area contributed by atoms with Crippen LogP contribution >= 0.6 is 0 Å². The average Bonchev–Trinajstić information content (AvgIpc) is 2.16. The van der Waals surface area contributed by atoms with Gasteiger partial charge in [0.1, 0.15) is 0 Å². The van der Waals surface area contributed by atoms with Crippen LogP contribution in [-0.2, 0) is 6.42 Å². The number of hydrogen-bond donors (Lipinski definition) is 1. The molecule has 0 amide bonds. The highest BCUT2D eigenvalue weighted by Crippen LogP contribution is 2.20. The van der Waals surface area contributed by atoms with Crippen LogP contribution in [0.1, 0.15) is 37.5 Å². The third kappa shape index (κ3) is 1.86. The van der Waals surface area contributed by atoms with Crippen molar-refractivity contribution >= 4 is 0 Å². The van der Waals surface area contributed by atoms with Gasteiger partial charge < -0.3 is 5.11 Å². The molecule has 1 heteroatoms. The summed E-state index contributed by atoms with van der Waals surface area (Å²) < 4.78 is 0. The second-order valence-corrected chi connectivity index (χ2v) is 2.98. The number of benzene rings is 1. The molecule has 0 aliphatic rings. The van der Waals surface area contributed by atoms with Gasteiger partial charge in [0.2, 0.25) is 0 Å². The maximum absolute atomic E-state index is 9.64. The van der Waals surface area contributed by atoms with Crippen LogP contribution in [0.3, 0.4) is 0 Å². The van der Waals surface area contributed by atoms with Crippen LogP contribution in [0.25, 0.3) is 0 Å². The zero-order valence-corrected chi connectivity index (χ0v) is 7.75. The molecule has 66 valence electrons. The maximum atomic E-state index is 9.64. The highest BCUT2D eigenvalue weighted by Gasteiger charge is 2.07. The molecule has 0 spiro atoms.